The van der Waals surface area contributed by atoms with Crippen LogP contribution in [0.4, 0.5) is 0 Å². The van der Waals surface area contributed by atoms with Gasteiger partial charge in [0.15, 0.2) is 0 Å². The Kier molecular flexibility index (Phi) is 4.56. The third-order valence-corrected chi connectivity index (χ3v) is 2.59. The number of nitrogens with zero attached hydrogens (tertiary/aromatic N) is 1. The van der Waals surface area contributed by atoms with E-state index < -0.39 is 0 Å². The molecule has 1 aliphatic carbocycles. The number of hydrogen-bond donors (Lipinski definition) is 1. The topological polar surface area (TPSA) is 46.3 Å². The Hall–Kier alpha value is -1.09. The second-order valence-corrected chi connectivity index (χ2v) is 3.96. The van der Waals surface area contributed by atoms with Gasteiger partial charge in [0, 0.05) is 19.1 Å². The summed E-state index contributed by atoms with van der Waals surface area (Å²) in [5.74, 6) is 0.160. The van der Waals surface area contributed by atoms with Crippen molar-refractivity contribution in [2.24, 2.45) is 11.7 Å². The molecule has 0 aromatic carbocycles. The average molecular weight is 208 g/mol. The molecule has 0 aliphatic heterocycles. The molecule has 2 atom stereocenters. The summed E-state index contributed by atoms with van der Waals surface area (Å²) in [6, 6.07) is 0.0474. The van der Waals surface area contributed by atoms with E-state index in [2.05, 4.69) is 13.5 Å². The highest BCUT2D eigenvalue weighted by Crippen LogP contribution is 2.19. The van der Waals surface area contributed by atoms with E-state index in [1.54, 1.807) is 6.08 Å². The second-order valence-electron chi connectivity index (χ2n) is 3.96. The summed E-state index contributed by atoms with van der Waals surface area (Å²) in [5.41, 5.74) is 5.73. The van der Waals surface area contributed by atoms with Gasteiger partial charge in [-0.2, -0.15) is 0 Å². The van der Waals surface area contributed by atoms with Gasteiger partial charge in [-0.05, 0) is 12.8 Å². The van der Waals surface area contributed by atoms with Gasteiger partial charge in [0.1, 0.15) is 0 Å². The van der Waals surface area contributed by atoms with Crippen LogP contribution >= 0.6 is 0 Å². The Morgan fingerprint density at radius 1 is 1.67 bits per heavy atom. The molecule has 0 aromatic rings. The van der Waals surface area contributed by atoms with Crippen LogP contribution in [0.3, 0.4) is 0 Å². The van der Waals surface area contributed by atoms with E-state index in [9.17, 15) is 4.79 Å². The number of nitrogens with two attached hydrogens (primary N) is 1. The van der Waals surface area contributed by atoms with E-state index in [-0.39, 0.29) is 17.9 Å². The van der Waals surface area contributed by atoms with Crippen LogP contribution in [0, 0.1) is 5.92 Å². The Balaban J connectivity index is 2.55. The molecule has 0 bridgehead atoms. The lowest BCUT2D eigenvalue weighted by Gasteiger charge is -2.23. The van der Waals surface area contributed by atoms with Crippen molar-refractivity contribution < 1.29 is 4.79 Å². The van der Waals surface area contributed by atoms with Crippen molar-refractivity contribution in [3.8, 4) is 0 Å². The summed E-state index contributed by atoms with van der Waals surface area (Å²) in [7, 11) is 0. The lowest BCUT2D eigenvalue weighted by molar-refractivity contribution is -0.133. The van der Waals surface area contributed by atoms with E-state index >= 15 is 0 Å². The lowest BCUT2D eigenvalue weighted by Crippen LogP contribution is -2.36. The molecule has 84 valence electrons. The highest BCUT2D eigenvalue weighted by atomic mass is 16.2. The zero-order chi connectivity index (χ0) is 11.3. The zero-order valence-corrected chi connectivity index (χ0v) is 9.36. The number of rotatable bonds is 5. The van der Waals surface area contributed by atoms with Gasteiger partial charge in [-0.25, -0.2) is 0 Å². The van der Waals surface area contributed by atoms with Gasteiger partial charge < -0.3 is 10.6 Å². The molecule has 1 aliphatic rings. The fourth-order valence-electron chi connectivity index (χ4n) is 1.86. The molecule has 0 saturated carbocycles. The summed E-state index contributed by atoms with van der Waals surface area (Å²) >= 11 is 0. The Bertz CT molecular complexity index is 260. The molecular weight excluding hydrogens is 188 g/mol. The van der Waals surface area contributed by atoms with Crippen molar-refractivity contribution in [1.29, 1.82) is 0 Å². The predicted molar refractivity (Wildman–Crippen MR) is 62.3 cm³/mol. The van der Waals surface area contributed by atoms with Crippen molar-refractivity contribution in [3.63, 3.8) is 0 Å². The molecule has 1 rings (SSSR count). The Labute approximate surface area is 91.6 Å². The first kappa shape index (κ1) is 12.0. The van der Waals surface area contributed by atoms with Crippen molar-refractivity contribution >= 4 is 5.91 Å². The third-order valence-electron chi connectivity index (χ3n) is 2.59. The minimum atomic E-state index is -0.0218. The molecule has 0 spiro atoms. The van der Waals surface area contributed by atoms with Gasteiger partial charge in [-0.3, -0.25) is 4.79 Å². The summed E-state index contributed by atoms with van der Waals surface area (Å²) in [6.07, 6.45) is 7.34. The lowest BCUT2D eigenvalue weighted by atomic mass is 10.1. The summed E-state index contributed by atoms with van der Waals surface area (Å²) in [5, 5.41) is 0. The molecule has 0 radical (unpaired) electrons. The summed E-state index contributed by atoms with van der Waals surface area (Å²) < 4.78 is 0. The fourth-order valence-corrected chi connectivity index (χ4v) is 1.86. The van der Waals surface area contributed by atoms with Gasteiger partial charge in [-0.1, -0.05) is 25.2 Å². The highest BCUT2D eigenvalue weighted by Gasteiger charge is 2.25. The van der Waals surface area contributed by atoms with Crippen LogP contribution < -0.4 is 5.73 Å². The molecule has 15 heavy (non-hydrogen) atoms. The van der Waals surface area contributed by atoms with Gasteiger partial charge in [-0.15, -0.1) is 6.58 Å². The predicted octanol–water partition coefficient (Wildman–Crippen LogP) is 1.31. The summed E-state index contributed by atoms with van der Waals surface area (Å²) in [6.45, 7) is 7.17. The van der Waals surface area contributed by atoms with Crippen molar-refractivity contribution in [3.05, 3.63) is 24.8 Å². The molecule has 0 fully saturated rings. The molecule has 3 nitrogen and oxygen atoms in total. The maximum atomic E-state index is 12.0. The van der Waals surface area contributed by atoms with Crippen LogP contribution in [0.15, 0.2) is 24.8 Å². The van der Waals surface area contributed by atoms with Crippen molar-refractivity contribution in [1.82, 2.24) is 4.90 Å². The van der Waals surface area contributed by atoms with Gasteiger partial charge in [0.05, 0.1) is 5.92 Å². The fraction of sp³-hybridized carbons (Fsp3) is 0.583. The monoisotopic (exact) mass is 208 g/mol. The highest BCUT2D eigenvalue weighted by molar-refractivity contribution is 5.81. The van der Waals surface area contributed by atoms with Crippen LogP contribution in [-0.2, 0) is 4.79 Å². The first-order valence-corrected chi connectivity index (χ1v) is 5.52. The van der Waals surface area contributed by atoms with Crippen LogP contribution in [0.1, 0.15) is 19.8 Å². The van der Waals surface area contributed by atoms with E-state index in [4.69, 9.17) is 5.73 Å². The second kappa shape index (κ2) is 5.71. The molecule has 0 saturated heterocycles. The maximum absolute atomic E-state index is 12.0. The zero-order valence-electron chi connectivity index (χ0n) is 9.36. The maximum Gasteiger partial charge on any atom is 0.229 e. The van der Waals surface area contributed by atoms with Gasteiger partial charge in [0.2, 0.25) is 5.91 Å². The van der Waals surface area contributed by atoms with Gasteiger partial charge >= 0.3 is 0 Å². The van der Waals surface area contributed by atoms with Crippen LogP contribution in [0.25, 0.3) is 0 Å². The van der Waals surface area contributed by atoms with E-state index in [0.717, 1.165) is 19.4 Å². The minimum Gasteiger partial charge on any atom is -0.338 e. The first-order chi connectivity index (χ1) is 7.19. The van der Waals surface area contributed by atoms with E-state index in [1.165, 1.54) is 0 Å². The number of carbonyl (C=O) groups excluding carboxylic acids is 1. The quantitative estimate of drug-likeness (QED) is 0.692. The van der Waals surface area contributed by atoms with Crippen molar-refractivity contribution in [2.45, 2.75) is 25.8 Å². The standard InChI is InChI=1S/C12H20N2O/c1-3-7-14(8-4-2)12(15)10-5-6-11(13)9-10/h3,5-6,10-11H,1,4,7-9,13H2,2H3. The van der Waals surface area contributed by atoms with Crippen LogP contribution in [0.2, 0.25) is 0 Å². The molecule has 3 heteroatoms. The van der Waals surface area contributed by atoms with E-state index in [0.29, 0.717) is 6.54 Å². The molecular formula is C12H20N2O. The van der Waals surface area contributed by atoms with Crippen molar-refractivity contribution in [2.75, 3.05) is 13.1 Å². The smallest absolute Gasteiger partial charge is 0.229 e. The van der Waals surface area contributed by atoms with Crippen LogP contribution in [-0.4, -0.2) is 29.9 Å². The molecule has 1 amide bonds. The third kappa shape index (κ3) is 3.20. The minimum absolute atomic E-state index is 0.0218. The molecule has 0 aromatic heterocycles. The SMILES string of the molecule is C=CCN(CCC)C(=O)C1C=CC(N)C1. The Morgan fingerprint density at radius 3 is 2.87 bits per heavy atom. The summed E-state index contributed by atoms with van der Waals surface area (Å²) in [4.78, 5) is 13.9. The number of hydrogen-bond acceptors (Lipinski definition) is 2. The molecule has 2 unspecified atom stereocenters. The number of amides is 1. The largest absolute Gasteiger partial charge is 0.338 e. The van der Waals surface area contributed by atoms with Gasteiger partial charge in [0.25, 0.3) is 0 Å². The molecule has 0 heterocycles. The molecule has 2 N–H and O–H groups in total. The van der Waals surface area contributed by atoms with E-state index in [1.807, 2.05) is 17.1 Å². The van der Waals surface area contributed by atoms with Crippen LogP contribution in [0.5, 0.6) is 0 Å². The average Bonchev–Trinajstić information content (AvgIpc) is 2.63. The number of carbonyl (C=O) groups is 1. The Morgan fingerprint density at radius 2 is 2.40 bits per heavy atom. The first-order valence-electron chi connectivity index (χ1n) is 5.52. The normalized spacial score (nSPS) is 24.1.